The first-order chi connectivity index (χ1) is 6.86. The van der Waals surface area contributed by atoms with Gasteiger partial charge in [-0.2, -0.15) is 0 Å². The van der Waals surface area contributed by atoms with E-state index in [4.69, 9.17) is 0 Å². The van der Waals surface area contributed by atoms with E-state index in [9.17, 15) is 0 Å². The lowest BCUT2D eigenvalue weighted by atomic mass is 10.0. The molecule has 0 aromatic carbocycles. The lowest BCUT2D eigenvalue weighted by Gasteiger charge is -2.07. The highest BCUT2D eigenvalue weighted by Gasteiger charge is 2.06. The third kappa shape index (κ3) is 2.23. The van der Waals surface area contributed by atoms with Gasteiger partial charge in [-0.15, -0.1) is 11.3 Å². The molecule has 1 N–H and O–H groups in total. The summed E-state index contributed by atoms with van der Waals surface area (Å²) in [5.41, 5.74) is 1.23. The fourth-order valence-corrected chi connectivity index (χ4v) is 2.33. The average molecular weight is 206 g/mol. The normalized spacial score (nSPS) is 12.9. The molecule has 0 saturated heterocycles. The van der Waals surface area contributed by atoms with Crippen molar-refractivity contribution in [1.82, 2.24) is 9.97 Å². The molecule has 14 heavy (non-hydrogen) atoms. The van der Waals surface area contributed by atoms with Gasteiger partial charge in [-0.3, -0.25) is 0 Å². The molecular weight excluding hydrogens is 192 g/mol. The largest absolute Gasteiger partial charge is 0.348 e. The molecule has 0 amide bonds. The number of nitrogens with one attached hydrogen (secondary N) is 1. The van der Waals surface area contributed by atoms with Gasteiger partial charge in [-0.1, -0.05) is 13.0 Å². The summed E-state index contributed by atoms with van der Waals surface area (Å²) >= 11 is 1.84. The minimum atomic E-state index is 0.651. The Bertz CT molecular complexity index is 351. The monoisotopic (exact) mass is 206 g/mol. The fourth-order valence-electron chi connectivity index (χ4n) is 1.51. The van der Waals surface area contributed by atoms with Crippen molar-refractivity contribution in [2.24, 2.45) is 0 Å². The number of H-pyrrole nitrogens is 1. The standard InChI is InChI=1S/C11H14N2S/c1-9(11-3-2-6-14-11)4-5-10-7-12-8-13-10/h2-3,6-9H,4-5H2,1H3,(H,12,13). The minimum Gasteiger partial charge on any atom is -0.348 e. The number of aromatic amines is 1. The Morgan fingerprint density at radius 1 is 1.57 bits per heavy atom. The second-order valence-electron chi connectivity index (χ2n) is 3.53. The Balaban J connectivity index is 1.87. The van der Waals surface area contributed by atoms with E-state index in [1.807, 2.05) is 17.5 Å². The topological polar surface area (TPSA) is 28.7 Å². The summed E-state index contributed by atoms with van der Waals surface area (Å²) in [5.74, 6) is 0.651. The minimum absolute atomic E-state index is 0.651. The van der Waals surface area contributed by atoms with E-state index in [-0.39, 0.29) is 0 Å². The van der Waals surface area contributed by atoms with Crippen molar-refractivity contribution in [1.29, 1.82) is 0 Å². The van der Waals surface area contributed by atoms with Crippen LogP contribution in [-0.2, 0) is 6.42 Å². The molecule has 0 spiro atoms. The van der Waals surface area contributed by atoms with Crippen molar-refractivity contribution in [2.45, 2.75) is 25.7 Å². The van der Waals surface area contributed by atoms with E-state index in [0.717, 1.165) is 6.42 Å². The summed E-state index contributed by atoms with van der Waals surface area (Å²) in [4.78, 5) is 8.62. The summed E-state index contributed by atoms with van der Waals surface area (Å²) in [5, 5.41) is 2.14. The zero-order chi connectivity index (χ0) is 9.80. The maximum absolute atomic E-state index is 4.01. The van der Waals surface area contributed by atoms with Gasteiger partial charge in [0.15, 0.2) is 0 Å². The number of imidazole rings is 1. The van der Waals surface area contributed by atoms with E-state index in [2.05, 4.69) is 34.4 Å². The first-order valence-corrected chi connectivity index (χ1v) is 5.75. The molecule has 2 heterocycles. The van der Waals surface area contributed by atoms with Gasteiger partial charge >= 0.3 is 0 Å². The molecular formula is C11H14N2S. The maximum atomic E-state index is 4.01. The Kier molecular flexibility index (Phi) is 2.99. The van der Waals surface area contributed by atoms with Gasteiger partial charge in [0.05, 0.1) is 6.33 Å². The van der Waals surface area contributed by atoms with Gasteiger partial charge in [-0.05, 0) is 30.2 Å². The Morgan fingerprint density at radius 2 is 2.50 bits per heavy atom. The number of rotatable bonds is 4. The molecule has 2 nitrogen and oxygen atoms in total. The van der Waals surface area contributed by atoms with E-state index < -0.39 is 0 Å². The zero-order valence-corrected chi connectivity index (χ0v) is 9.05. The van der Waals surface area contributed by atoms with Crippen LogP contribution in [0.1, 0.15) is 29.8 Å². The highest BCUT2D eigenvalue weighted by atomic mass is 32.1. The van der Waals surface area contributed by atoms with Gasteiger partial charge in [0.2, 0.25) is 0 Å². The average Bonchev–Trinajstić information content (AvgIpc) is 2.87. The predicted octanol–water partition coefficient (Wildman–Crippen LogP) is 3.21. The molecule has 0 aliphatic heterocycles. The Labute approximate surface area is 88.0 Å². The number of thiophene rings is 1. The fraction of sp³-hybridized carbons (Fsp3) is 0.364. The third-order valence-electron chi connectivity index (χ3n) is 2.43. The second-order valence-corrected chi connectivity index (χ2v) is 4.51. The molecule has 0 aliphatic carbocycles. The van der Waals surface area contributed by atoms with Crippen LogP contribution in [0, 0.1) is 0 Å². The van der Waals surface area contributed by atoms with Crippen LogP contribution in [0.2, 0.25) is 0 Å². The van der Waals surface area contributed by atoms with Crippen molar-refractivity contribution in [3.63, 3.8) is 0 Å². The van der Waals surface area contributed by atoms with Crippen LogP contribution < -0.4 is 0 Å². The van der Waals surface area contributed by atoms with Crippen LogP contribution in [0.3, 0.4) is 0 Å². The lowest BCUT2D eigenvalue weighted by Crippen LogP contribution is -1.94. The van der Waals surface area contributed by atoms with E-state index in [0.29, 0.717) is 5.92 Å². The summed E-state index contributed by atoms with van der Waals surface area (Å²) in [6.07, 6.45) is 5.91. The lowest BCUT2D eigenvalue weighted by molar-refractivity contribution is 0.683. The van der Waals surface area contributed by atoms with Crippen LogP contribution >= 0.6 is 11.3 Å². The van der Waals surface area contributed by atoms with E-state index in [1.54, 1.807) is 6.33 Å². The van der Waals surface area contributed by atoms with E-state index in [1.165, 1.54) is 17.0 Å². The van der Waals surface area contributed by atoms with Crippen molar-refractivity contribution in [3.8, 4) is 0 Å². The molecule has 1 unspecified atom stereocenters. The third-order valence-corrected chi connectivity index (χ3v) is 3.53. The molecule has 0 saturated carbocycles. The number of hydrogen-bond donors (Lipinski definition) is 1. The first-order valence-electron chi connectivity index (χ1n) is 4.87. The van der Waals surface area contributed by atoms with Gasteiger partial charge < -0.3 is 4.98 Å². The zero-order valence-electron chi connectivity index (χ0n) is 8.23. The number of nitrogens with zero attached hydrogens (tertiary/aromatic N) is 1. The van der Waals surface area contributed by atoms with Gasteiger partial charge in [0.1, 0.15) is 0 Å². The highest BCUT2D eigenvalue weighted by Crippen LogP contribution is 2.24. The smallest absolute Gasteiger partial charge is 0.0921 e. The number of hydrogen-bond acceptors (Lipinski definition) is 2. The molecule has 2 rings (SSSR count). The Hall–Kier alpha value is -1.09. The van der Waals surface area contributed by atoms with Crippen molar-refractivity contribution < 1.29 is 0 Å². The van der Waals surface area contributed by atoms with Crippen LogP contribution in [0.25, 0.3) is 0 Å². The van der Waals surface area contributed by atoms with Crippen LogP contribution in [0.15, 0.2) is 30.0 Å². The van der Waals surface area contributed by atoms with Crippen molar-refractivity contribution in [2.75, 3.05) is 0 Å². The van der Waals surface area contributed by atoms with Crippen LogP contribution in [-0.4, -0.2) is 9.97 Å². The molecule has 0 fully saturated rings. The molecule has 3 heteroatoms. The molecule has 74 valence electrons. The summed E-state index contributed by atoms with van der Waals surface area (Å²) < 4.78 is 0. The maximum Gasteiger partial charge on any atom is 0.0921 e. The molecule has 2 aromatic rings. The quantitative estimate of drug-likeness (QED) is 0.817. The number of aromatic nitrogens is 2. The first kappa shape index (κ1) is 9.46. The van der Waals surface area contributed by atoms with Crippen LogP contribution in [0.5, 0.6) is 0 Å². The SMILES string of the molecule is CC(CCc1cnc[nH]1)c1cccs1. The van der Waals surface area contributed by atoms with Gasteiger partial charge in [-0.25, -0.2) is 4.98 Å². The van der Waals surface area contributed by atoms with E-state index >= 15 is 0 Å². The van der Waals surface area contributed by atoms with Gasteiger partial charge in [0.25, 0.3) is 0 Å². The molecule has 0 bridgehead atoms. The molecule has 0 aliphatic rings. The summed E-state index contributed by atoms with van der Waals surface area (Å²) in [6.45, 7) is 2.28. The molecule has 1 atom stereocenters. The molecule has 0 radical (unpaired) electrons. The van der Waals surface area contributed by atoms with Crippen molar-refractivity contribution in [3.05, 3.63) is 40.6 Å². The summed E-state index contributed by atoms with van der Waals surface area (Å²) in [7, 11) is 0. The predicted molar refractivity (Wildman–Crippen MR) is 59.6 cm³/mol. The van der Waals surface area contributed by atoms with Crippen LogP contribution in [0.4, 0.5) is 0 Å². The number of aryl methyl sites for hydroxylation is 1. The Morgan fingerprint density at radius 3 is 3.14 bits per heavy atom. The van der Waals surface area contributed by atoms with Gasteiger partial charge in [0, 0.05) is 16.8 Å². The molecule has 2 aromatic heterocycles. The highest BCUT2D eigenvalue weighted by molar-refractivity contribution is 7.10. The summed E-state index contributed by atoms with van der Waals surface area (Å²) in [6, 6.07) is 4.33. The van der Waals surface area contributed by atoms with Crippen molar-refractivity contribution >= 4 is 11.3 Å². The second kappa shape index (κ2) is 4.42.